The molecule has 1 aliphatic carbocycles. The molecule has 1 aromatic rings. The number of benzene rings is 1. The normalized spacial score (nSPS) is 15.5. The maximum Gasteiger partial charge on any atom is 0.309 e. The number of carbonyl (C=O) groups is 2. The molecule has 8 heteroatoms. The highest BCUT2D eigenvalue weighted by molar-refractivity contribution is 7.89. The second-order valence-corrected chi connectivity index (χ2v) is 8.22. The summed E-state index contributed by atoms with van der Waals surface area (Å²) in [7, 11) is -0.541. The van der Waals surface area contributed by atoms with E-state index in [1.165, 1.54) is 26.2 Å². The number of amides is 2. The average molecular weight is 353 g/mol. The van der Waals surface area contributed by atoms with Crippen molar-refractivity contribution in [3.05, 3.63) is 29.8 Å². The monoisotopic (exact) mass is 353 g/mol. The summed E-state index contributed by atoms with van der Waals surface area (Å²) < 4.78 is 25.1. The maximum absolute atomic E-state index is 12.0. The molecule has 24 heavy (non-hydrogen) atoms. The Balaban J connectivity index is 1.87. The minimum absolute atomic E-state index is 0.0961. The Kier molecular flexibility index (Phi) is 5.95. The van der Waals surface area contributed by atoms with Gasteiger partial charge in [0, 0.05) is 26.7 Å². The topological polar surface area (TPSA) is 95.6 Å². The van der Waals surface area contributed by atoms with Gasteiger partial charge < -0.3 is 10.6 Å². The van der Waals surface area contributed by atoms with Crippen LogP contribution in [0.5, 0.6) is 0 Å². The molecule has 0 heterocycles. The quantitative estimate of drug-likeness (QED) is 0.758. The van der Waals surface area contributed by atoms with Gasteiger partial charge in [-0.25, -0.2) is 12.7 Å². The molecule has 132 valence electrons. The summed E-state index contributed by atoms with van der Waals surface area (Å²) in [4.78, 5) is 23.7. The molecule has 7 nitrogen and oxygen atoms in total. The zero-order chi connectivity index (χ0) is 17.7. The second-order valence-electron chi connectivity index (χ2n) is 6.07. The summed E-state index contributed by atoms with van der Waals surface area (Å²) in [5.41, 5.74) is 0.717. The number of hydrogen-bond acceptors (Lipinski definition) is 4. The van der Waals surface area contributed by atoms with Gasteiger partial charge in [-0.15, -0.1) is 0 Å². The first-order valence-electron chi connectivity index (χ1n) is 7.91. The smallest absolute Gasteiger partial charge is 0.309 e. The molecule has 0 aliphatic heterocycles. The minimum Gasteiger partial charge on any atom is -0.345 e. The lowest BCUT2D eigenvalue weighted by atomic mass is 10.2. The van der Waals surface area contributed by atoms with Crippen LogP contribution in [0.4, 0.5) is 0 Å². The molecular weight excluding hydrogens is 330 g/mol. The van der Waals surface area contributed by atoms with Gasteiger partial charge in [0.2, 0.25) is 10.0 Å². The summed E-state index contributed by atoms with van der Waals surface area (Å²) in [6.07, 6.45) is 3.99. The van der Waals surface area contributed by atoms with Crippen molar-refractivity contribution < 1.29 is 18.0 Å². The number of nitrogens with zero attached hydrogens (tertiary/aromatic N) is 1. The van der Waals surface area contributed by atoms with Gasteiger partial charge in [0.05, 0.1) is 4.90 Å². The molecule has 1 aromatic carbocycles. The number of sulfonamides is 1. The molecule has 0 atom stereocenters. The van der Waals surface area contributed by atoms with Crippen molar-refractivity contribution in [1.29, 1.82) is 0 Å². The van der Waals surface area contributed by atoms with Crippen LogP contribution in [0.1, 0.15) is 31.2 Å². The first-order valence-corrected chi connectivity index (χ1v) is 9.35. The van der Waals surface area contributed by atoms with Gasteiger partial charge in [0.1, 0.15) is 0 Å². The molecule has 0 aromatic heterocycles. The highest BCUT2D eigenvalue weighted by Gasteiger charge is 2.21. The lowest BCUT2D eigenvalue weighted by Crippen LogP contribution is -2.43. The molecule has 1 saturated carbocycles. The van der Waals surface area contributed by atoms with E-state index in [2.05, 4.69) is 10.6 Å². The Morgan fingerprint density at radius 1 is 1.08 bits per heavy atom. The minimum atomic E-state index is -3.47. The predicted molar refractivity (Wildman–Crippen MR) is 89.6 cm³/mol. The molecular formula is C16H23N3O4S. The van der Waals surface area contributed by atoms with Crippen molar-refractivity contribution in [1.82, 2.24) is 14.9 Å². The van der Waals surface area contributed by atoms with Crippen molar-refractivity contribution in [2.75, 3.05) is 14.1 Å². The molecule has 0 unspecified atom stereocenters. The van der Waals surface area contributed by atoms with Gasteiger partial charge in [-0.2, -0.15) is 0 Å². The van der Waals surface area contributed by atoms with Crippen LogP contribution in [0.15, 0.2) is 29.2 Å². The first kappa shape index (κ1) is 18.4. The Labute approximate surface area is 142 Å². The van der Waals surface area contributed by atoms with Crippen LogP contribution in [0.2, 0.25) is 0 Å². The summed E-state index contributed by atoms with van der Waals surface area (Å²) in [5, 5.41) is 5.26. The first-order chi connectivity index (χ1) is 11.3. The highest BCUT2D eigenvalue weighted by Crippen LogP contribution is 2.17. The van der Waals surface area contributed by atoms with E-state index in [4.69, 9.17) is 0 Å². The molecule has 2 rings (SSSR count). The Morgan fingerprint density at radius 2 is 1.67 bits per heavy atom. The molecule has 0 spiro atoms. The van der Waals surface area contributed by atoms with Gasteiger partial charge >= 0.3 is 11.8 Å². The van der Waals surface area contributed by atoms with Gasteiger partial charge in [-0.1, -0.05) is 25.0 Å². The standard InChI is InChI=1S/C16H23N3O4S/c1-19(2)24(22,23)14-9-7-12(8-10-14)11-17-15(20)16(21)18-13-5-3-4-6-13/h7-10,13H,3-6,11H2,1-2H3,(H,17,20)(H,18,21). The van der Waals surface area contributed by atoms with Crippen molar-refractivity contribution >= 4 is 21.8 Å². The lowest BCUT2D eigenvalue weighted by Gasteiger charge is -2.13. The van der Waals surface area contributed by atoms with Crippen LogP contribution < -0.4 is 10.6 Å². The van der Waals surface area contributed by atoms with Gasteiger partial charge in [0.15, 0.2) is 0 Å². The molecule has 1 aliphatic rings. The van der Waals surface area contributed by atoms with Crippen molar-refractivity contribution in [2.24, 2.45) is 0 Å². The van der Waals surface area contributed by atoms with E-state index in [1.54, 1.807) is 12.1 Å². The molecule has 2 amide bonds. The predicted octanol–water partition coefficient (Wildman–Crippen LogP) is 0.612. The number of nitrogens with one attached hydrogen (secondary N) is 2. The maximum atomic E-state index is 12.0. The molecule has 2 N–H and O–H groups in total. The van der Waals surface area contributed by atoms with E-state index in [0.717, 1.165) is 35.6 Å². The fourth-order valence-corrected chi connectivity index (χ4v) is 3.48. The van der Waals surface area contributed by atoms with Gasteiger partial charge in [-0.05, 0) is 30.5 Å². The van der Waals surface area contributed by atoms with Crippen LogP contribution in [-0.2, 0) is 26.2 Å². The second kappa shape index (κ2) is 7.76. The van der Waals surface area contributed by atoms with Crippen LogP contribution in [0.25, 0.3) is 0 Å². The zero-order valence-corrected chi connectivity index (χ0v) is 14.7. The largest absolute Gasteiger partial charge is 0.345 e. The van der Waals surface area contributed by atoms with Crippen LogP contribution >= 0.6 is 0 Å². The van der Waals surface area contributed by atoms with Gasteiger partial charge in [0.25, 0.3) is 0 Å². The SMILES string of the molecule is CN(C)S(=O)(=O)c1ccc(CNC(=O)C(=O)NC2CCCC2)cc1. The van der Waals surface area contributed by atoms with E-state index < -0.39 is 21.8 Å². The van der Waals surface area contributed by atoms with Crippen molar-refractivity contribution in [3.8, 4) is 0 Å². The van der Waals surface area contributed by atoms with Crippen molar-refractivity contribution in [3.63, 3.8) is 0 Å². The van der Waals surface area contributed by atoms with E-state index >= 15 is 0 Å². The van der Waals surface area contributed by atoms with Crippen LogP contribution in [-0.4, -0.2) is 44.7 Å². The Bertz CT molecular complexity index is 693. The highest BCUT2D eigenvalue weighted by atomic mass is 32.2. The fraction of sp³-hybridized carbons (Fsp3) is 0.500. The third-order valence-electron chi connectivity index (χ3n) is 4.05. The van der Waals surface area contributed by atoms with Crippen molar-refractivity contribution in [2.45, 2.75) is 43.2 Å². The summed E-state index contributed by atoms with van der Waals surface area (Å²) in [6, 6.07) is 6.29. The third kappa shape index (κ3) is 4.55. The third-order valence-corrected chi connectivity index (χ3v) is 5.88. The molecule has 0 radical (unpaired) electrons. The summed E-state index contributed by atoms with van der Waals surface area (Å²) >= 11 is 0. The summed E-state index contributed by atoms with van der Waals surface area (Å²) in [5.74, 6) is -1.29. The van der Waals surface area contributed by atoms with E-state index in [9.17, 15) is 18.0 Å². The number of hydrogen-bond donors (Lipinski definition) is 2. The molecule has 1 fully saturated rings. The van der Waals surface area contributed by atoms with Gasteiger partial charge in [-0.3, -0.25) is 9.59 Å². The number of carbonyl (C=O) groups excluding carboxylic acids is 2. The summed E-state index contributed by atoms with van der Waals surface area (Å²) in [6.45, 7) is 0.166. The molecule has 0 saturated heterocycles. The fourth-order valence-electron chi connectivity index (χ4n) is 2.57. The van der Waals surface area contributed by atoms with E-state index in [1.807, 2.05) is 0 Å². The van der Waals surface area contributed by atoms with E-state index in [0.29, 0.717) is 0 Å². The van der Waals surface area contributed by atoms with Crippen LogP contribution in [0, 0.1) is 0 Å². The lowest BCUT2D eigenvalue weighted by molar-refractivity contribution is -0.139. The Hall–Kier alpha value is -1.93. The Morgan fingerprint density at radius 3 is 2.21 bits per heavy atom. The zero-order valence-electron chi connectivity index (χ0n) is 13.9. The van der Waals surface area contributed by atoms with Crippen LogP contribution in [0.3, 0.4) is 0 Å². The number of rotatable bonds is 5. The molecule has 0 bridgehead atoms. The average Bonchev–Trinajstić information content (AvgIpc) is 3.05. The van der Waals surface area contributed by atoms with E-state index in [-0.39, 0.29) is 17.5 Å².